The van der Waals surface area contributed by atoms with Gasteiger partial charge in [0.15, 0.2) is 5.13 Å². The van der Waals surface area contributed by atoms with E-state index in [4.69, 9.17) is 23.2 Å². The van der Waals surface area contributed by atoms with Crippen molar-refractivity contribution in [3.8, 4) is 0 Å². The first-order valence-electron chi connectivity index (χ1n) is 9.43. The van der Waals surface area contributed by atoms with Gasteiger partial charge in [-0.15, -0.1) is 0 Å². The number of amides is 1. The highest BCUT2D eigenvalue weighted by Crippen LogP contribution is 2.28. The van der Waals surface area contributed by atoms with Crippen LogP contribution in [0, 0.1) is 5.92 Å². The van der Waals surface area contributed by atoms with Gasteiger partial charge in [-0.1, -0.05) is 59.5 Å². The second-order valence-corrected chi connectivity index (χ2v) is 9.36. The fourth-order valence-corrected chi connectivity index (χ4v) is 4.72. The van der Waals surface area contributed by atoms with E-state index in [-0.39, 0.29) is 5.91 Å². The zero-order valence-corrected chi connectivity index (χ0v) is 17.7. The zero-order valence-electron chi connectivity index (χ0n) is 15.3. The number of hydrogen-bond acceptors (Lipinski definition) is 3. The summed E-state index contributed by atoms with van der Waals surface area (Å²) in [5.74, 6) is 0.489. The first-order chi connectivity index (χ1) is 13.6. The number of carbonyl (C=O) groups is 1. The molecule has 0 aliphatic heterocycles. The minimum Gasteiger partial charge on any atom is -0.343 e. The van der Waals surface area contributed by atoms with E-state index in [2.05, 4.69) is 21.1 Å². The molecule has 0 radical (unpaired) electrons. The largest absolute Gasteiger partial charge is 0.343 e. The van der Waals surface area contributed by atoms with Crippen LogP contribution in [-0.4, -0.2) is 15.5 Å². The topological polar surface area (TPSA) is 46.9 Å². The summed E-state index contributed by atoms with van der Waals surface area (Å²) in [6, 6.07) is 9.81. The zero-order chi connectivity index (χ0) is 19.5. The van der Waals surface area contributed by atoms with Crippen molar-refractivity contribution in [2.75, 3.05) is 5.32 Å². The maximum atomic E-state index is 12.9. The average molecular weight is 434 g/mol. The lowest BCUT2D eigenvalue weighted by atomic mass is 10.1. The molecular weight excluding hydrogens is 413 g/mol. The maximum absolute atomic E-state index is 12.9. The van der Waals surface area contributed by atoms with E-state index >= 15 is 0 Å². The van der Waals surface area contributed by atoms with Crippen molar-refractivity contribution < 1.29 is 4.79 Å². The Kier molecular flexibility index (Phi) is 6.04. The number of nitrogens with one attached hydrogen (secondary N) is 1. The smallest absolute Gasteiger partial charge is 0.274 e. The molecule has 1 amide bonds. The van der Waals surface area contributed by atoms with Crippen LogP contribution in [0.2, 0.25) is 9.36 Å². The summed E-state index contributed by atoms with van der Waals surface area (Å²) in [6.07, 6.45) is 9.44. The van der Waals surface area contributed by atoms with Gasteiger partial charge < -0.3 is 4.57 Å². The first kappa shape index (κ1) is 19.5. The summed E-state index contributed by atoms with van der Waals surface area (Å²) in [5.41, 5.74) is 2.95. The quantitative estimate of drug-likeness (QED) is 0.496. The summed E-state index contributed by atoms with van der Waals surface area (Å²) in [6.45, 7) is 0.877. The van der Waals surface area contributed by atoms with Crippen molar-refractivity contribution >= 4 is 45.6 Å². The van der Waals surface area contributed by atoms with Crippen LogP contribution in [0.3, 0.4) is 0 Å². The van der Waals surface area contributed by atoms with E-state index < -0.39 is 0 Å². The summed E-state index contributed by atoms with van der Waals surface area (Å²) >= 11 is 13.2. The molecule has 4 rings (SSSR count). The predicted octanol–water partition coefficient (Wildman–Crippen LogP) is 6.28. The van der Waals surface area contributed by atoms with Gasteiger partial charge in [0, 0.05) is 17.8 Å². The Hall–Kier alpha value is -1.82. The Morgan fingerprint density at radius 3 is 2.61 bits per heavy atom. The molecule has 28 heavy (non-hydrogen) atoms. The summed E-state index contributed by atoms with van der Waals surface area (Å²) in [5, 5.41) is 4.12. The molecule has 3 aromatic rings. The molecule has 0 atom stereocenters. The SMILES string of the molecule is O=C(Nc1ncc(Cl)s1)c1cc(Cc2ccc(Cl)cc2)cn1CC1CCCC1. The van der Waals surface area contributed by atoms with Crippen LogP contribution < -0.4 is 5.32 Å². The molecule has 1 aliphatic rings. The summed E-state index contributed by atoms with van der Waals surface area (Å²) in [7, 11) is 0. The molecule has 7 heteroatoms. The van der Waals surface area contributed by atoms with Crippen LogP contribution >= 0.6 is 34.5 Å². The van der Waals surface area contributed by atoms with E-state index in [0.717, 1.165) is 23.6 Å². The third kappa shape index (κ3) is 4.77. The summed E-state index contributed by atoms with van der Waals surface area (Å²) in [4.78, 5) is 17.0. The number of hydrogen-bond donors (Lipinski definition) is 1. The van der Waals surface area contributed by atoms with Gasteiger partial charge in [-0.05, 0) is 54.5 Å². The Morgan fingerprint density at radius 2 is 1.93 bits per heavy atom. The lowest BCUT2D eigenvalue weighted by Gasteiger charge is -2.13. The molecule has 1 fully saturated rings. The lowest BCUT2D eigenvalue weighted by molar-refractivity contribution is 0.101. The van der Waals surface area contributed by atoms with E-state index in [1.165, 1.54) is 42.6 Å². The van der Waals surface area contributed by atoms with Gasteiger partial charge in [-0.2, -0.15) is 0 Å². The van der Waals surface area contributed by atoms with E-state index in [0.29, 0.717) is 21.1 Å². The number of halogens is 2. The minimum absolute atomic E-state index is 0.147. The number of thiazole rings is 1. The number of anilines is 1. The van der Waals surface area contributed by atoms with E-state index in [9.17, 15) is 4.79 Å². The van der Waals surface area contributed by atoms with Crippen LogP contribution in [0.15, 0.2) is 42.7 Å². The van der Waals surface area contributed by atoms with Gasteiger partial charge in [-0.25, -0.2) is 4.98 Å². The molecule has 4 nitrogen and oxygen atoms in total. The molecular formula is C21H21Cl2N3OS. The van der Waals surface area contributed by atoms with Crippen LogP contribution in [0.25, 0.3) is 0 Å². The van der Waals surface area contributed by atoms with Crippen molar-refractivity contribution in [1.82, 2.24) is 9.55 Å². The van der Waals surface area contributed by atoms with Crippen molar-refractivity contribution in [3.05, 3.63) is 68.9 Å². The van der Waals surface area contributed by atoms with Crippen molar-refractivity contribution in [2.24, 2.45) is 5.92 Å². The van der Waals surface area contributed by atoms with Gasteiger partial charge in [0.1, 0.15) is 10.0 Å². The van der Waals surface area contributed by atoms with Gasteiger partial charge in [-0.3, -0.25) is 10.1 Å². The fraction of sp³-hybridized carbons (Fsp3) is 0.333. The Balaban J connectivity index is 1.57. The van der Waals surface area contributed by atoms with Gasteiger partial charge in [0.25, 0.3) is 5.91 Å². The number of nitrogens with zero attached hydrogens (tertiary/aromatic N) is 2. The third-order valence-corrected chi connectivity index (χ3v) is 6.42. The third-order valence-electron chi connectivity index (χ3n) is 5.13. The van der Waals surface area contributed by atoms with Gasteiger partial charge in [0.05, 0.1) is 6.20 Å². The molecule has 2 aromatic heterocycles. The standard InChI is InChI=1S/C21H21Cl2N3OS/c22-17-7-5-14(6-8-17)9-16-10-18(20(27)25-21-24-11-19(23)28-21)26(13-16)12-15-3-1-2-4-15/h5-8,10-11,13,15H,1-4,9,12H2,(H,24,25,27). The molecule has 0 saturated heterocycles. The molecule has 0 spiro atoms. The van der Waals surface area contributed by atoms with Gasteiger partial charge in [0.2, 0.25) is 0 Å². The second-order valence-electron chi connectivity index (χ2n) is 7.26. The highest BCUT2D eigenvalue weighted by molar-refractivity contribution is 7.19. The molecule has 0 unspecified atom stereocenters. The highest BCUT2D eigenvalue weighted by atomic mass is 35.5. The maximum Gasteiger partial charge on any atom is 0.274 e. The van der Waals surface area contributed by atoms with Crippen LogP contribution in [0.5, 0.6) is 0 Å². The highest BCUT2D eigenvalue weighted by Gasteiger charge is 2.20. The van der Waals surface area contributed by atoms with Crippen molar-refractivity contribution in [2.45, 2.75) is 38.6 Å². The molecule has 2 heterocycles. The molecule has 1 N–H and O–H groups in total. The van der Waals surface area contributed by atoms with Gasteiger partial charge >= 0.3 is 0 Å². The number of carbonyl (C=O) groups excluding carboxylic acids is 1. The number of benzene rings is 1. The Bertz CT molecular complexity index is 958. The van der Waals surface area contributed by atoms with E-state index in [1.807, 2.05) is 30.3 Å². The molecule has 1 aromatic carbocycles. The normalized spacial score (nSPS) is 14.5. The average Bonchev–Trinajstić information content (AvgIpc) is 3.40. The van der Waals surface area contributed by atoms with Crippen LogP contribution in [0.4, 0.5) is 5.13 Å². The predicted molar refractivity (Wildman–Crippen MR) is 116 cm³/mol. The summed E-state index contributed by atoms with van der Waals surface area (Å²) < 4.78 is 2.66. The monoisotopic (exact) mass is 433 g/mol. The first-order valence-corrected chi connectivity index (χ1v) is 11.0. The molecule has 1 aliphatic carbocycles. The molecule has 1 saturated carbocycles. The lowest BCUT2D eigenvalue weighted by Crippen LogP contribution is -2.18. The second kappa shape index (κ2) is 8.68. The molecule has 0 bridgehead atoms. The number of rotatable bonds is 6. The van der Waals surface area contributed by atoms with Crippen LogP contribution in [-0.2, 0) is 13.0 Å². The molecule has 146 valence electrons. The Morgan fingerprint density at radius 1 is 1.18 bits per heavy atom. The fourth-order valence-electron chi connectivity index (χ4n) is 3.79. The van der Waals surface area contributed by atoms with Crippen molar-refractivity contribution in [1.29, 1.82) is 0 Å². The van der Waals surface area contributed by atoms with E-state index in [1.54, 1.807) is 6.20 Å². The number of aromatic nitrogens is 2. The minimum atomic E-state index is -0.147. The Labute approximate surface area is 178 Å². The van der Waals surface area contributed by atoms with Crippen LogP contribution in [0.1, 0.15) is 47.3 Å². The van der Waals surface area contributed by atoms with Crippen molar-refractivity contribution in [3.63, 3.8) is 0 Å².